The fourth-order valence-electron chi connectivity index (χ4n) is 3.75. The van der Waals surface area contributed by atoms with Crippen molar-refractivity contribution < 1.29 is 23.9 Å². The van der Waals surface area contributed by atoms with Crippen LogP contribution in [0.4, 0.5) is 4.79 Å². The van der Waals surface area contributed by atoms with Gasteiger partial charge in [0.1, 0.15) is 35.7 Å². The Morgan fingerprint density at radius 3 is 2.41 bits per heavy atom. The van der Waals surface area contributed by atoms with E-state index in [1.165, 1.54) is 11.3 Å². The van der Waals surface area contributed by atoms with Crippen LogP contribution in [-0.4, -0.2) is 33.9 Å². The zero-order chi connectivity index (χ0) is 29.0. The average Bonchev–Trinajstić information content (AvgIpc) is 3.49. The highest BCUT2D eigenvalue weighted by Gasteiger charge is 2.24. The maximum Gasteiger partial charge on any atom is 0.408 e. The van der Waals surface area contributed by atoms with Crippen LogP contribution in [0.3, 0.4) is 0 Å². The van der Waals surface area contributed by atoms with Gasteiger partial charge in [-0.15, -0.1) is 11.3 Å². The molecule has 0 radical (unpaired) electrons. The van der Waals surface area contributed by atoms with Gasteiger partial charge in [0.2, 0.25) is 0 Å². The molecule has 3 N–H and O–H groups in total. The lowest BCUT2D eigenvalue weighted by molar-refractivity contribution is -0.124. The highest BCUT2D eigenvalue weighted by atomic mass is 32.1. The number of amides is 3. The standard InChI is InChI=1S/C30H31N5O5S/c1-20(2)15-25(33-30(38)40-18-22-11-13-31-14-12-22)27(36)34-35-28(37)26-19-41-29(32-26)23-9-6-10-24(16-23)39-17-21-7-4-3-5-8-21/h3-14,16,19-20,25H,15,17-18H2,1-2H3,(H,33,38)(H,34,36)(H,35,37)/t25-/m1/s1. The summed E-state index contributed by atoms with van der Waals surface area (Å²) >= 11 is 1.30. The second kappa shape index (κ2) is 14.6. The van der Waals surface area contributed by atoms with E-state index in [1.54, 1.807) is 29.9 Å². The van der Waals surface area contributed by atoms with Crippen molar-refractivity contribution in [1.82, 2.24) is 26.1 Å². The van der Waals surface area contributed by atoms with Gasteiger partial charge in [-0.1, -0.05) is 56.3 Å². The summed E-state index contributed by atoms with van der Waals surface area (Å²) in [6, 6.07) is 19.9. The third-order valence-corrected chi connectivity index (χ3v) is 6.69. The second-order valence-corrected chi connectivity index (χ2v) is 10.4. The fraction of sp³-hybridized carbons (Fsp3) is 0.233. The topological polar surface area (TPSA) is 132 Å². The van der Waals surface area contributed by atoms with Crippen LogP contribution in [-0.2, 0) is 22.7 Å². The van der Waals surface area contributed by atoms with Gasteiger partial charge in [0.15, 0.2) is 0 Å². The van der Waals surface area contributed by atoms with E-state index >= 15 is 0 Å². The molecule has 2 aromatic heterocycles. The van der Waals surface area contributed by atoms with E-state index in [-0.39, 0.29) is 18.2 Å². The Bertz CT molecular complexity index is 1450. The van der Waals surface area contributed by atoms with Crippen molar-refractivity contribution in [1.29, 1.82) is 0 Å². The number of hydrogen-bond acceptors (Lipinski definition) is 8. The van der Waals surface area contributed by atoms with Crippen LogP contribution in [0.5, 0.6) is 5.75 Å². The lowest BCUT2D eigenvalue weighted by Gasteiger charge is -2.20. The van der Waals surface area contributed by atoms with Crippen LogP contribution in [0.15, 0.2) is 84.5 Å². The molecule has 1 atom stereocenters. The zero-order valence-electron chi connectivity index (χ0n) is 22.7. The molecule has 0 aliphatic rings. The highest BCUT2D eigenvalue weighted by molar-refractivity contribution is 7.13. The molecule has 0 saturated carbocycles. The van der Waals surface area contributed by atoms with E-state index in [0.717, 1.165) is 16.7 Å². The summed E-state index contributed by atoms with van der Waals surface area (Å²) in [4.78, 5) is 46.2. The summed E-state index contributed by atoms with van der Waals surface area (Å²) in [5.74, 6) is -0.383. The first kappa shape index (κ1) is 29.2. The normalized spacial score (nSPS) is 11.4. The van der Waals surface area contributed by atoms with Crippen molar-refractivity contribution in [2.24, 2.45) is 5.92 Å². The van der Waals surface area contributed by atoms with Gasteiger partial charge in [0.05, 0.1) is 0 Å². The van der Waals surface area contributed by atoms with E-state index in [0.29, 0.717) is 23.8 Å². The molecule has 0 aliphatic heterocycles. The SMILES string of the molecule is CC(C)C[C@@H](NC(=O)OCc1ccncc1)C(=O)NNC(=O)c1csc(-c2cccc(OCc3ccccc3)c2)n1. The summed E-state index contributed by atoms with van der Waals surface area (Å²) in [6.07, 6.45) is 2.79. The van der Waals surface area contributed by atoms with Crippen molar-refractivity contribution >= 4 is 29.2 Å². The van der Waals surface area contributed by atoms with Crippen molar-refractivity contribution in [2.75, 3.05) is 0 Å². The molecule has 0 fully saturated rings. The zero-order valence-corrected chi connectivity index (χ0v) is 23.5. The number of aromatic nitrogens is 2. The Morgan fingerprint density at radius 1 is 0.902 bits per heavy atom. The Morgan fingerprint density at radius 2 is 1.66 bits per heavy atom. The summed E-state index contributed by atoms with van der Waals surface area (Å²) in [5.41, 5.74) is 7.53. The number of nitrogens with zero attached hydrogens (tertiary/aromatic N) is 2. The van der Waals surface area contributed by atoms with E-state index in [1.807, 2.05) is 68.4 Å². The quantitative estimate of drug-likeness (QED) is 0.218. The molecule has 0 spiro atoms. The molecule has 0 unspecified atom stereocenters. The third-order valence-electron chi connectivity index (χ3n) is 5.80. The molecule has 212 valence electrons. The number of pyridine rings is 1. The van der Waals surface area contributed by atoms with Gasteiger partial charge in [-0.3, -0.25) is 25.4 Å². The fourth-order valence-corrected chi connectivity index (χ4v) is 4.55. The molecule has 4 aromatic rings. The summed E-state index contributed by atoms with van der Waals surface area (Å²) in [5, 5.41) is 4.80. The number of carbonyl (C=O) groups excluding carboxylic acids is 3. The predicted octanol–water partition coefficient (Wildman–Crippen LogP) is 4.89. The molecule has 0 aliphatic carbocycles. The number of thiazole rings is 1. The lowest BCUT2D eigenvalue weighted by atomic mass is 10.0. The lowest BCUT2D eigenvalue weighted by Crippen LogP contribution is -2.52. The predicted molar refractivity (Wildman–Crippen MR) is 155 cm³/mol. The first-order valence-corrected chi connectivity index (χ1v) is 13.9. The smallest absolute Gasteiger partial charge is 0.408 e. The Balaban J connectivity index is 1.30. The van der Waals surface area contributed by atoms with Crippen molar-refractivity contribution in [2.45, 2.75) is 39.5 Å². The first-order chi connectivity index (χ1) is 19.9. The van der Waals surface area contributed by atoms with E-state index < -0.39 is 23.9 Å². The van der Waals surface area contributed by atoms with Gasteiger partial charge in [-0.2, -0.15) is 0 Å². The largest absolute Gasteiger partial charge is 0.489 e. The van der Waals surface area contributed by atoms with Gasteiger partial charge in [-0.25, -0.2) is 9.78 Å². The van der Waals surface area contributed by atoms with Gasteiger partial charge in [-0.05, 0) is 47.7 Å². The minimum atomic E-state index is -0.912. The Kier molecular flexibility index (Phi) is 10.4. The molecule has 10 nitrogen and oxygen atoms in total. The van der Waals surface area contributed by atoms with Crippen LogP contribution in [0.2, 0.25) is 0 Å². The second-order valence-electron chi connectivity index (χ2n) is 9.54. The molecule has 0 saturated heterocycles. The molecular formula is C30H31N5O5S. The van der Waals surface area contributed by atoms with Crippen molar-refractivity contribution in [3.8, 4) is 16.3 Å². The number of hydrazine groups is 1. The summed E-state index contributed by atoms with van der Waals surface area (Å²) < 4.78 is 11.1. The van der Waals surface area contributed by atoms with Gasteiger partial charge in [0, 0.05) is 23.3 Å². The van der Waals surface area contributed by atoms with Crippen molar-refractivity contribution in [3.05, 3.63) is 101 Å². The van der Waals surface area contributed by atoms with Crippen LogP contribution in [0.25, 0.3) is 10.6 Å². The highest BCUT2D eigenvalue weighted by Crippen LogP contribution is 2.27. The molecule has 2 aromatic carbocycles. The minimum Gasteiger partial charge on any atom is -0.489 e. The maximum atomic E-state index is 12.8. The number of nitrogens with one attached hydrogen (secondary N) is 3. The molecule has 2 heterocycles. The van der Waals surface area contributed by atoms with Gasteiger partial charge in [0.25, 0.3) is 11.8 Å². The molecule has 41 heavy (non-hydrogen) atoms. The number of ether oxygens (including phenoxy) is 2. The van der Waals surface area contributed by atoms with E-state index in [9.17, 15) is 14.4 Å². The Labute approximate surface area is 242 Å². The maximum absolute atomic E-state index is 12.8. The minimum absolute atomic E-state index is 0.0370. The number of alkyl carbamates (subject to hydrolysis) is 1. The Hall–Kier alpha value is -4.77. The van der Waals surface area contributed by atoms with Crippen molar-refractivity contribution in [3.63, 3.8) is 0 Å². The average molecular weight is 574 g/mol. The molecule has 4 rings (SSSR count). The van der Waals surface area contributed by atoms with Gasteiger partial charge >= 0.3 is 6.09 Å². The number of rotatable bonds is 11. The van der Waals surface area contributed by atoms with Crippen LogP contribution in [0, 0.1) is 5.92 Å². The summed E-state index contributed by atoms with van der Waals surface area (Å²) in [7, 11) is 0. The summed E-state index contributed by atoms with van der Waals surface area (Å²) in [6.45, 7) is 4.31. The first-order valence-electron chi connectivity index (χ1n) is 13.0. The monoisotopic (exact) mass is 573 g/mol. The molecule has 3 amide bonds. The molecular weight excluding hydrogens is 542 g/mol. The van der Waals surface area contributed by atoms with Gasteiger partial charge < -0.3 is 14.8 Å². The number of hydrogen-bond donors (Lipinski definition) is 3. The number of carbonyl (C=O) groups is 3. The molecule has 11 heteroatoms. The number of benzene rings is 2. The van der Waals surface area contributed by atoms with E-state index in [2.05, 4.69) is 26.1 Å². The van der Waals surface area contributed by atoms with E-state index in [4.69, 9.17) is 9.47 Å². The van der Waals surface area contributed by atoms with Crippen LogP contribution >= 0.6 is 11.3 Å². The van der Waals surface area contributed by atoms with Crippen LogP contribution in [0.1, 0.15) is 41.9 Å². The molecule has 0 bridgehead atoms. The third kappa shape index (κ3) is 9.14. The van der Waals surface area contributed by atoms with Crippen LogP contribution < -0.4 is 20.9 Å².